The molecule has 1 saturated carbocycles. The summed E-state index contributed by atoms with van der Waals surface area (Å²) in [5.74, 6) is 2.03. The molecule has 12 nitrogen and oxygen atoms in total. The summed E-state index contributed by atoms with van der Waals surface area (Å²) < 4.78 is 9.80. The molecule has 0 atom stereocenters. The molecule has 0 bridgehead atoms. The molecule has 5 heterocycles. The fourth-order valence-corrected chi connectivity index (χ4v) is 4.85. The SMILES string of the molecule is CC(=O)Nc1cc(Oc2cnc3nc(Nc4cc5n(n4)CCN(C)C54CC4)n(C)c3c2C#N)ccn1. The van der Waals surface area contributed by atoms with Gasteiger partial charge in [-0.05, 0) is 26.0 Å². The van der Waals surface area contributed by atoms with Gasteiger partial charge in [0.25, 0.3) is 0 Å². The molecule has 1 fully saturated rings. The number of imidazole rings is 1. The third-order valence-electron chi connectivity index (χ3n) is 6.84. The minimum absolute atomic E-state index is 0.103. The van der Waals surface area contributed by atoms with E-state index in [0.717, 1.165) is 25.9 Å². The van der Waals surface area contributed by atoms with Gasteiger partial charge in [0, 0.05) is 38.8 Å². The van der Waals surface area contributed by atoms with E-state index >= 15 is 0 Å². The summed E-state index contributed by atoms with van der Waals surface area (Å²) in [6.45, 7) is 3.22. The number of fused-ring (bicyclic) bond motifs is 3. The summed E-state index contributed by atoms with van der Waals surface area (Å²) in [5.41, 5.74) is 2.58. The van der Waals surface area contributed by atoms with E-state index in [1.54, 1.807) is 16.7 Å². The predicted octanol–water partition coefficient (Wildman–Crippen LogP) is 2.86. The van der Waals surface area contributed by atoms with E-state index in [1.165, 1.54) is 25.0 Å². The molecule has 6 rings (SSSR count). The van der Waals surface area contributed by atoms with E-state index in [4.69, 9.17) is 9.84 Å². The van der Waals surface area contributed by atoms with E-state index in [0.29, 0.717) is 40.1 Å². The second kappa shape index (κ2) is 8.03. The Hall–Kier alpha value is -4.50. The van der Waals surface area contributed by atoms with Gasteiger partial charge in [-0.2, -0.15) is 15.3 Å². The van der Waals surface area contributed by atoms with Gasteiger partial charge < -0.3 is 19.9 Å². The van der Waals surface area contributed by atoms with Gasteiger partial charge >= 0.3 is 0 Å². The summed E-state index contributed by atoms with van der Waals surface area (Å²) >= 11 is 0. The highest BCUT2D eigenvalue weighted by atomic mass is 16.5. The topological polar surface area (TPSA) is 139 Å². The van der Waals surface area contributed by atoms with Crippen molar-refractivity contribution >= 4 is 34.7 Å². The first kappa shape index (κ1) is 22.0. The Kier molecular flexibility index (Phi) is 4.90. The molecule has 182 valence electrons. The molecule has 1 spiro atoms. The van der Waals surface area contributed by atoms with Crippen LogP contribution < -0.4 is 15.4 Å². The number of aromatic nitrogens is 6. The Morgan fingerprint density at radius 3 is 2.78 bits per heavy atom. The van der Waals surface area contributed by atoms with Crippen LogP contribution in [0.4, 0.5) is 17.6 Å². The monoisotopic (exact) mass is 484 g/mol. The summed E-state index contributed by atoms with van der Waals surface area (Å²) in [6.07, 6.45) is 5.27. The van der Waals surface area contributed by atoms with Gasteiger partial charge in [0.05, 0.1) is 24.0 Å². The number of carbonyl (C=O) groups excluding carboxylic acids is 1. The molecule has 4 aromatic heterocycles. The predicted molar refractivity (Wildman–Crippen MR) is 131 cm³/mol. The quantitative estimate of drug-likeness (QED) is 0.438. The van der Waals surface area contributed by atoms with Gasteiger partial charge in [-0.15, -0.1) is 0 Å². The van der Waals surface area contributed by atoms with Gasteiger partial charge in [-0.1, -0.05) is 0 Å². The molecular weight excluding hydrogens is 460 g/mol. The lowest BCUT2D eigenvalue weighted by Gasteiger charge is -2.33. The highest BCUT2D eigenvalue weighted by molar-refractivity contribution is 5.88. The van der Waals surface area contributed by atoms with Crippen molar-refractivity contribution < 1.29 is 9.53 Å². The van der Waals surface area contributed by atoms with E-state index in [2.05, 4.69) is 54.4 Å². The Bertz CT molecular complexity index is 1560. The number of hydrogen-bond acceptors (Lipinski definition) is 9. The summed E-state index contributed by atoms with van der Waals surface area (Å²) in [7, 11) is 3.99. The number of nitrogens with zero attached hydrogens (tertiary/aromatic N) is 8. The number of amides is 1. The zero-order chi connectivity index (χ0) is 25.0. The molecule has 36 heavy (non-hydrogen) atoms. The zero-order valence-corrected chi connectivity index (χ0v) is 20.1. The lowest BCUT2D eigenvalue weighted by molar-refractivity contribution is -0.114. The summed E-state index contributed by atoms with van der Waals surface area (Å²) in [5, 5.41) is 20.7. The van der Waals surface area contributed by atoms with E-state index in [1.807, 2.05) is 7.05 Å². The van der Waals surface area contributed by atoms with Crippen molar-refractivity contribution in [3.05, 3.63) is 41.9 Å². The van der Waals surface area contributed by atoms with Crippen molar-refractivity contribution in [1.82, 2.24) is 34.2 Å². The number of pyridine rings is 2. The molecule has 2 aliphatic rings. The van der Waals surface area contributed by atoms with Crippen LogP contribution in [0.2, 0.25) is 0 Å². The van der Waals surface area contributed by atoms with Crippen LogP contribution in [0, 0.1) is 11.3 Å². The van der Waals surface area contributed by atoms with Crippen LogP contribution >= 0.6 is 0 Å². The Balaban J connectivity index is 1.32. The van der Waals surface area contributed by atoms with Crippen molar-refractivity contribution in [3.8, 4) is 17.6 Å². The molecular formula is C24H24N10O2. The molecule has 0 aromatic carbocycles. The second-order valence-electron chi connectivity index (χ2n) is 9.15. The Morgan fingerprint density at radius 1 is 1.19 bits per heavy atom. The van der Waals surface area contributed by atoms with Gasteiger partial charge in [0.2, 0.25) is 11.9 Å². The number of ether oxygens (including phenoxy) is 1. The fourth-order valence-electron chi connectivity index (χ4n) is 4.85. The number of aryl methyl sites for hydroxylation is 1. The maximum absolute atomic E-state index is 11.3. The molecule has 1 amide bonds. The van der Waals surface area contributed by atoms with Crippen LogP contribution in [0.5, 0.6) is 11.5 Å². The van der Waals surface area contributed by atoms with E-state index in [9.17, 15) is 10.1 Å². The van der Waals surface area contributed by atoms with Crippen LogP contribution in [0.15, 0.2) is 30.6 Å². The second-order valence-corrected chi connectivity index (χ2v) is 9.15. The van der Waals surface area contributed by atoms with Crippen LogP contribution in [0.1, 0.15) is 31.0 Å². The molecule has 0 radical (unpaired) electrons. The van der Waals surface area contributed by atoms with Gasteiger partial charge in [-0.3, -0.25) is 14.4 Å². The first-order chi connectivity index (χ1) is 17.4. The number of anilines is 3. The minimum Gasteiger partial charge on any atom is -0.454 e. The molecule has 1 aliphatic heterocycles. The lowest BCUT2D eigenvalue weighted by atomic mass is 10.1. The number of rotatable bonds is 5. The van der Waals surface area contributed by atoms with Gasteiger partial charge in [0.15, 0.2) is 17.2 Å². The van der Waals surface area contributed by atoms with Crippen LogP contribution in [-0.4, -0.2) is 53.7 Å². The number of likely N-dealkylation sites (N-methyl/N-ethyl adjacent to an activating group) is 1. The molecule has 12 heteroatoms. The zero-order valence-electron chi connectivity index (χ0n) is 20.1. The number of nitrogens with one attached hydrogen (secondary N) is 2. The maximum Gasteiger partial charge on any atom is 0.222 e. The third-order valence-corrected chi connectivity index (χ3v) is 6.84. The first-order valence-corrected chi connectivity index (χ1v) is 11.6. The van der Waals surface area contributed by atoms with Gasteiger partial charge in [-0.25, -0.2) is 9.97 Å². The van der Waals surface area contributed by atoms with Crippen molar-refractivity contribution in [1.29, 1.82) is 5.26 Å². The average Bonchev–Trinajstić information content (AvgIpc) is 3.44. The van der Waals surface area contributed by atoms with Crippen LogP contribution in [-0.2, 0) is 23.9 Å². The van der Waals surface area contributed by atoms with Crippen LogP contribution in [0.25, 0.3) is 11.2 Å². The number of hydrogen-bond donors (Lipinski definition) is 2. The van der Waals surface area contributed by atoms with Gasteiger partial charge in [0.1, 0.15) is 28.7 Å². The Labute approximate surface area is 206 Å². The van der Waals surface area contributed by atoms with Crippen molar-refractivity contribution in [3.63, 3.8) is 0 Å². The standard InChI is InChI=1S/C24H24N10O2/c1-14(35)28-19-10-15(4-7-26-19)36-17-13-27-22-21(16(17)12-25)33(3)23(30-22)29-20-11-18-24(5-6-24)32(2)8-9-34(18)31-20/h4,7,10-11,13H,5-6,8-9H2,1-3H3,(H,26,28,35)(H,27,29,30,31). The molecule has 4 aromatic rings. The summed E-state index contributed by atoms with van der Waals surface area (Å²) in [6, 6.07) is 7.52. The molecule has 0 unspecified atom stereocenters. The van der Waals surface area contributed by atoms with E-state index < -0.39 is 0 Å². The molecule has 0 saturated heterocycles. The smallest absolute Gasteiger partial charge is 0.222 e. The fraction of sp³-hybridized carbons (Fsp3) is 0.333. The number of carbonyl (C=O) groups is 1. The number of nitriles is 1. The summed E-state index contributed by atoms with van der Waals surface area (Å²) in [4.78, 5) is 26.9. The third kappa shape index (κ3) is 3.52. The van der Waals surface area contributed by atoms with Crippen molar-refractivity contribution in [2.75, 3.05) is 24.2 Å². The highest BCUT2D eigenvalue weighted by Crippen LogP contribution is 2.52. The highest BCUT2D eigenvalue weighted by Gasteiger charge is 2.52. The minimum atomic E-state index is -0.242. The lowest BCUT2D eigenvalue weighted by Crippen LogP contribution is -2.41. The van der Waals surface area contributed by atoms with Crippen molar-refractivity contribution in [2.24, 2.45) is 7.05 Å². The van der Waals surface area contributed by atoms with Crippen LogP contribution in [0.3, 0.4) is 0 Å². The maximum atomic E-state index is 11.3. The average molecular weight is 485 g/mol. The van der Waals surface area contributed by atoms with E-state index in [-0.39, 0.29) is 17.2 Å². The molecule has 2 N–H and O–H groups in total. The Morgan fingerprint density at radius 2 is 2.03 bits per heavy atom. The molecule has 1 aliphatic carbocycles. The first-order valence-electron chi connectivity index (χ1n) is 11.6. The largest absolute Gasteiger partial charge is 0.454 e. The van der Waals surface area contributed by atoms with Crippen molar-refractivity contribution in [2.45, 2.75) is 31.8 Å². The normalized spacial score (nSPS) is 15.9.